The summed E-state index contributed by atoms with van der Waals surface area (Å²) in [6.07, 6.45) is 0.340. The number of alkyl halides is 2. The molecule has 5 atom stereocenters. The first-order valence-corrected chi connectivity index (χ1v) is 9.55. The minimum absolute atomic E-state index is 0.0565. The summed E-state index contributed by atoms with van der Waals surface area (Å²) in [5, 5.41) is 3.06. The van der Waals surface area contributed by atoms with Crippen molar-refractivity contribution in [1.82, 2.24) is 14.5 Å². The Labute approximate surface area is 160 Å². The van der Waals surface area contributed by atoms with Crippen molar-refractivity contribution in [3.05, 3.63) is 17.0 Å². The number of nitrogens with zero attached hydrogens (tertiary/aromatic N) is 3. The number of hydrogen-bond donors (Lipinski definition) is 1. The molecule has 9 heteroatoms. The molecule has 146 valence electrons. The van der Waals surface area contributed by atoms with E-state index in [4.69, 9.17) is 21.1 Å². The van der Waals surface area contributed by atoms with Crippen LogP contribution in [0, 0.1) is 18.8 Å². The molecular formula is C18H21ClF2N4O2. The van der Waals surface area contributed by atoms with E-state index in [0.29, 0.717) is 34.3 Å². The van der Waals surface area contributed by atoms with Crippen LogP contribution in [0.2, 0.25) is 5.15 Å². The third kappa shape index (κ3) is 2.64. The van der Waals surface area contributed by atoms with Crippen LogP contribution in [0.15, 0.2) is 6.33 Å². The van der Waals surface area contributed by atoms with Gasteiger partial charge in [0.15, 0.2) is 11.4 Å². The summed E-state index contributed by atoms with van der Waals surface area (Å²) in [5.41, 5.74) is 2.27. The molecule has 3 fully saturated rings. The second-order valence-electron chi connectivity index (χ2n) is 8.12. The molecule has 3 heterocycles. The molecule has 2 aromatic heterocycles. The van der Waals surface area contributed by atoms with Crippen molar-refractivity contribution in [2.75, 3.05) is 11.9 Å². The summed E-state index contributed by atoms with van der Waals surface area (Å²) in [5.74, 6) is 0.327. The van der Waals surface area contributed by atoms with Gasteiger partial charge in [-0.25, -0.2) is 18.7 Å². The molecular weight excluding hydrogens is 378 g/mol. The number of ether oxygens (including phenoxy) is 2. The van der Waals surface area contributed by atoms with E-state index in [-0.39, 0.29) is 23.4 Å². The van der Waals surface area contributed by atoms with E-state index in [1.807, 2.05) is 18.4 Å². The molecule has 27 heavy (non-hydrogen) atoms. The van der Waals surface area contributed by atoms with Gasteiger partial charge in [-0.3, -0.25) is 0 Å². The van der Waals surface area contributed by atoms with Gasteiger partial charge >= 0.3 is 0 Å². The topological polar surface area (TPSA) is 61.2 Å². The number of aromatic nitrogens is 3. The van der Waals surface area contributed by atoms with Gasteiger partial charge in [-0.2, -0.15) is 0 Å². The lowest BCUT2D eigenvalue weighted by atomic mass is 10.1. The molecule has 1 saturated heterocycles. The van der Waals surface area contributed by atoms with Gasteiger partial charge in [-0.1, -0.05) is 11.6 Å². The maximum atomic E-state index is 12.7. The molecule has 0 radical (unpaired) electrons. The highest BCUT2D eigenvalue weighted by Crippen LogP contribution is 2.63. The second-order valence-corrected chi connectivity index (χ2v) is 8.48. The van der Waals surface area contributed by atoms with Crippen LogP contribution >= 0.6 is 11.6 Å². The minimum Gasteiger partial charge on any atom is -0.377 e. The van der Waals surface area contributed by atoms with E-state index in [1.54, 1.807) is 13.3 Å². The Morgan fingerprint density at radius 2 is 2.07 bits per heavy atom. The van der Waals surface area contributed by atoms with Gasteiger partial charge in [0.25, 0.3) is 6.43 Å². The summed E-state index contributed by atoms with van der Waals surface area (Å²) in [7, 11) is 0. The molecule has 3 aliphatic rings. The van der Waals surface area contributed by atoms with Crippen molar-refractivity contribution in [2.24, 2.45) is 11.8 Å². The fourth-order valence-electron chi connectivity index (χ4n) is 4.74. The maximum absolute atomic E-state index is 12.7. The molecule has 2 aliphatic carbocycles. The first-order valence-electron chi connectivity index (χ1n) is 9.17. The van der Waals surface area contributed by atoms with Crippen molar-refractivity contribution in [3.8, 4) is 0 Å². The number of halogens is 3. The zero-order valence-electron chi connectivity index (χ0n) is 15.2. The molecule has 1 N–H and O–H groups in total. The van der Waals surface area contributed by atoms with Crippen LogP contribution in [0.1, 0.15) is 31.9 Å². The van der Waals surface area contributed by atoms with Gasteiger partial charge in [-0.05, 0) is 39.0 Å². The standard InChI is InChI=1S/C18H21ClF2N4O2/c1-7-11(22-5-10(20)21)12-17(24-16(7)19)25(6-23-12)13-8-4-9(8)14-15(13)27-18(2,3)26-14/h6,8-10,13-15H,4-5H2,1-3H3,(H,22,24)/t8-,9+,13+,14+,15-/m0/s1. The van der Waals surface area contributed by atoms with Crippen LogP contribution in [0.25, 0.3) is 11.2 Å². The SMILES string of the molecule is Cc1c(Cl)nc2c(ncn2[C@@H]2[C@H]3C[C@H]3[C@H]3OC(C)(C)O[C@H]32)c1NCC(F)F. The number of anilines is 1. The molecule has 2 aromatic rings. The van der Waals surface area contributed by atoms with E-state index in [0.717, 1.165) is 6.42 Å². The van der Waals surface area contributed by atoms with Gasteiger partial charge in [0.1, 0.15) is 16.8 Å². The summed E-state index contributed by atoms with van der Waals surface area (Å²) in [6.45, 7) is 5.14. The van der Waals surface area contributed by atoms with Gasteiger partial charge < -0.3 is 19.4 Å². The monoisotopic (exact) mass is 398 g/mol. The van der Waals surface area contributed by atoms with Gasteiger partial charge in [-0.15, -0.1) is 0 Å². The highest BCUT2D eigenvalue weighted by Gasteiger charge is 2.66. The molecule has 0 spiro atoms. The quantitative estimate of drug-likeness (QED) is 0.794. The molecule has 5 rings (SSSR count). The van der Waals surface area contributed by atoms with E-state index in [1.165, 1.54) is 0 Å². The highest BCUT2D eigenvalue weighted by atomic mass is 35.5. The predicted octanol–water partition coefficient (Wildman–Crippen LogP) is 3.78. The predicted molar refractivity (Wildman–Crippen MR) is 96.2 cm³/mol. The largest absolute Gasteiger partial charge is 0.377 e. The molecule has 6 nitrogen and oxygen atoms in total. The summed E-state index contributed by atoms with van der Waals surface area (Å²) >= 11 is 6.31. The number of nitrogens with one attached hydrogen (secondary N) is 1. The number of rotatable bonds is 4. The lowest BCUT2D eigenvalue weighted by Gasteiger charge is -2.24. The third-order valence-corrected chi connectivity index (χ3v) is 6.27. The summed E-state index contributed by atoms with van der Waals surface area (Å²) < 4.78 is 39.7. The van der Waals surface area contributed by atoms with Gasteiger partial charge in [0.05, 0.1) is 30.7 Å². The fourth-order valence-corrected chi connectivity index (χ4v) is 4.91. The molecule has 0 amide bonds. The van der Waals surface area contributed by atoms with E-state index in [2.05, 4.69) is 15.3 Å². The number of hydrogen-bond acceptors (Lipinski definition) is 5. The van der Waals surface area contributed by atoms with Crippen molar-refractivity contribution >= 4 is 28.5 Å². The number of imidazole rings is 1. The maximum Gasteiger partial charge on any atom is 0.255 e. The van der Waals surface area contributed by atoms with Crippen molar-refractivity contribution in [1.29, 1.82) is 0 Å². The average molecular weight is 399 g/mol. The third-order valence-electron chi connectivity index (χ3n) is 5.90. The first-order chi connectivity index (χ1) is 12.8. The van der Waals surface area contributed by atoms with Crippen LogP contribution in [0.4, 0.5) is 14.5 Å². The second kappa shape index (κ2) is 5.75. The minimum atomic E-state index is -2.47. The van der Waals surface area contributed by atoms with Gasteiger partial charge in [0.2, 0.25) is 0 Å². The Hall–Kier alpha value is -1.51. The molecule has 0 aromatic carbocycles. The lowest BCUT2D eigenvalue weighted by molar-refractivity contribution is -0.156. The van der Waals surface area contributed by atoms with Crippen LogP contribution in [0.5, 0.6) is 0 Å². The zero-order valence-corrected chi connectivity index (χ0v) is 16.0. The highest BCUT2D eigenvalue weighted by molar-refractivity contribution is 6.31. The van der Waals surface area contributed by atoms with Crippen LogP contribution < -0.4 is 5.32 Å². The number of fused-ring (bicyclic) bond motifs is 4. The Morgan fingerprint density at radius 1 is 1.33 bits per heavy atom. The van der Waals surface area contributed by atoms with Crippen LogP contribution in [0.3, 0.4) is 0 Å². The lowest BCUT2D eigenvalue weighted by Crippen LogP contribution is -2.30. The molecule has 2 saturated carbocycles. The van der Waals surface area contributed by atoms with E-state index in [9.17, 15) is 8.78 Å². The van der Waals surface area contributed by atoms with Crippen molar-refractivity contribution in [2.45, 2.75) is 57.7 Å². The van der Waals surface area contributed by atoms with Crippen molar-refractivity contribution in [3.63, 3.8) is 0 Å². The molecule has 0 bridgehead atoms. The Bertz CT molecular complexity index is 918. The zero-order chi connectivity index (χ0) is 19.1. The number of pyridine rings is 1. The Kier molecular flexibility index (Phi) is 3.74. The van der Waals surface area contributed by atoms with E-state index >= 15 is 0 Å². The average Bonchev–Trinajstić information content (AvgIpc) is 3.03. The first kappa shape index (κ1) is 17.6. The van der Waals surface area contributed by atoms with Gasteiger partial charge in [0, 0.05) is 5.56 Å². The van der Waals surface area contributed by atoms with E-state index < -0.39 is 18.8 Å². The van der Waals surface area contributed by atoms with Crippen LogP contribution in [-0.2, 0) is 9.47 Å². The molecule has 0 unspecified atom stereocenters. The summed E-state index contributed by atoms with van der Waals surface area (Å²) in [6, 6.07) is 0.0565. The van der Waals surface area contributed by atoms with Crippen LogP contribution in [-0.4, -0.2) is 45.5 Å². The Balaban J connectivity index is 1.57. The normalized spacial score (nSPS) is 33.5. The Morgan fingerprint density at radius 3 is 2.81 bits per heavy atom. The summed E-state index contributed by atoms with van der Waals surface area (Å²) in [4.78, 5) is 9.00. The smallest absolute Gasteiger partial charge is 0.255 e. The fraction of sp³-hybridized carbons (Fsp3) is 0.667. The molecule has 1 aliphatic heterocycles. The van der Waals surface area contributed by atoms with Crippen molar-refractivity contribution < 1.29 is 18.3 Å².